The molecule has 0 aliphatic heterocycles. The molecule has 15 heavy (non-hydrogen) atoms. The van der Waals surface area contributed by atoms with Gasteiger partial charge in [0.1, 0.15) is 0 Å². The number of halogens is 1. The van der Waals surface area contributed by atoms with Crippen LogP contribution in [0.3, 0.4) is 0 Å². The highest BCUT2D eigenvalue weighted by molar-refractivity contribution is 9.10. The molecular weight excluding hydrogens is 254 g/mol. The van der Waals surface area contributed by atoms with Crippen LogP contribution in [0.25, 0.3) is 0 Å². The Morgan fingerprint density at radius 2 is 1.93 bits per heavy atom. The number of amides is 1. The van der Waals surface area contributed by atoms with Crippen molar-refractivity contribution in [2.75, 3.05) is 5.32 Å². The molecule has 0 unspecified atom stereocenters. The zero-order chi connectivity index (χ0) is 11.3. The molecule has 0 saturated carbocycles. The van der Waals surface area contributed by atoms with Crippen molar-refractivity contribution in [3.05, 3.63) is 29.8 Å². The maximum absolute atomic E-state index is 11.5. The van der Waals surface area contributed by atoms with Gasteiger partial charge in [0.25, 0.3) is 0 Å². The van der Waals surface area contributed by atoms with Gasteiger partial charge in [0.05, 0.1) is 4.83 Å². The lowest BCUT2D eigenvalue weighted by Gasteiger charge is -2.08. The molecule has 0 bridgehead atoms. The summed E-state index contributed by atoms with van der Waals surface area (Å²) in [4.78, 5) is 11.4. The summed E-state index contributed by atoms with van der Waals surface area (Å²) in [5.74, 6) is 0.0155. The van der Waals surface area contributed by atoms with E-state index in [0.717, 1.165) is 18.5 Å². The van der Waals surface area contributed by atoms with Crippen molar-refractivity contribution >= 4 is 27.5 Å². The summed E-state index contributed by atoms with van der Waals surface area (Å²) in [7, 11) is 0. The van der Waals surface area contributed by atoms with Crippen molar-refractivity contribution in [3.63, 3.8) is 0 Å². The molecule has 0 radical (unpaired) electrons. The molecule has 0 spiro atoms. The molecule has 1 aromatic carbocycles. The first-order valence-electron chi connectivity index (χ1n) is 5.21. The van der Waals surface area contributed by atoms with E-state index in [0.29, 0.717) is 0 Å². The first-order valence-corrected chi connectivity index (χ1v) is 6.12. The second kappa shape index (κ2) is 5.91. The first-order chi connectivity index (χ1) is 7.17. The van der Waals surface area contributed by atoms with Gasteiger partial charge in [-0.05, 0) is 30.5 Å². The van der Waals surface area contributed by atoms with Gasteiger partial charge in [0.15, 0.2) is 0 Å². The average Bonchev–Trinajstić information content (AvgIpc) is 2.29. The molecule has 1 N–H and O–H groups in total. The first kappa shape index (κ1) is 12.2. The molecule has 82 valence electrons. The van der Waals surface area contributed by atoms with Gasteiger partial charge < -0.3 is 5.32 Å². The van der Waals surface area contributed by atoms with Gasteiger partial charge in [-0.2, -0.15) is 0 Å². The molecule has 2 nitrogen and oxygen atoms in total. The fraction of sp³-hybridized carbons (Fsp3) is 0.417. The lowest BCUT2D eigenvalue weighted by Crippen LogP contribution is -2.21. The van der Waals surface area contributed by atoms with Gasteiger partial charge in [-0.3, -0.25) is 4.79 Å². The molecule has 3 heteroatoms. The highest BCUT2D eigenvalue weighted by Crippen LogP contribution is 2.13. The maximum Gasteiger partial charge on any atom is 0.238 e. The van der Waals surface area contributed by atoms with E-state index < -0.39 is 0 Å². The summed E-state index contributed by atoms with van der Waals surface area (Å²) >= 11 is 3.32. The van der Waals surface area contributed by atoms with E-state index in [2.05, 4.69) is 28.2 Å². The normalized spacial score (nSPS) is 12.2. The minimum atomic E-state index is -0.108. The van der Waals surface area contributed by atoms with Gasteiger partial charge in [0.2, 0.25) is 5.91 Å². The number of carbonyl (C=O) groups is 1. The average molecular weight is 270 g/mol. The second-order valence-corrected chi connectivity index (χ2v) is 4.52. The Morgan fingerprint density at radius 3 is 2.40 bits per heavy atom. The number of rotatable bonds is 4. The number of anilines is 1. The predicted molar refractivity (Wildman–Crippen MR) is 67.5 cm³/mol. The molecule has 0 heterocycles. The molecule has 1 aromatic rings. The van der Waals surface area contributed by atoms with Gasteiger partial charge in [-0.25, -0.2) is 0 Å². The second-order valence-electron chi connectivity index (χ2n) is 3.42. The van der Waals surface area contributed by atoms with Crippen LogP contribution in [0.4, 0.5) is 5.69 Å². The third-order valence-electron chi connectivity index (χ3n) is 2.27. The quantitative estimate of drug-likeness (QED) is 0.835. The Labute approximate surface area is 99.2 Å². The Balaban J connectivity index is 2.61. The van der Waals surface area contributed by atoms with Gasteiger partial charge in [0, 0.05) is 5.69 Å². The number of aryl methyl sites for hydroxylation is 1. The summed E-state index contributed by atoms with van der Waals surface area (Å²) in [6.45, 7) is 4.08. The van der Waals surface area contributed by atoms with Crippen LogP contribution in [-0.2, 0) is 11.2 Å². The number of hydrogen-bond donors (Lipinski definition) is 1. The van der Waals surface area contributed by atoms with E-state index in [4.69, 9.17) is 0 Å². The monoisotopic (exact) mass is 269 g/mol. The van der Waals surface area contributed by atoms with Crippen LogP contribution in [-0.4, -0.2) is 10.7 Å². The van der Waals surface area contributed by atoms with Crippen molar-refractivity contribution in [2.24, 2.45) is 0 Å². The van der Waals surface area contributed by atoms with Crippen molar-refractivity contribution in [1.82, 2.24) is 0 Å². The highest BCUT2D eigenvalue weighted by Gasteiger charge is 2.11. The standard InChI is InChI=1S/C12H16BrNO/c1-3-9-5-7-10(8-6-9)14-12(15)11(13)4-2/h5-8,11H,3-4H2,1-2H3,(H,14,15)/t11-/m0/s1. The van der Waals surface area contributed by atoms with Crippen LogP contribution in [0.5, 0.6) is 0 Å². The molecule has 0 aliphatic rings. The van der Waals surface area contributed by atoms with E-state index in [-0.39, 0.29) is 10.7 Å². The summed E-state index contributed by atoms with van der Waals surface area (Å²) in [6, 6.07) is 7.94. The van der Waals surface area contributed by atoms with Crippen molar-refractivity contribution in [2.45, 2.75) is 31.5 Å². The van der Waals surface area contributed by atoms with Crippen molar-refractivity contribution in [1.29, 1.82) is 0 Å². The van der Waals surface area contributed by atoms with Crippen molar-refractivity contribution in [3.8, 4) is 0 Å². The van der Waals surface area contributed by atoms with E-state index in [1.165, 1.54) is 5.56 Å². The smallest absolute Gasteiger partial charge is 0.238 e. The van der Waals surface area contributed by atoms with E-state index in [1.807, 2.05) is 31.2 Å². The Kier molecular flexibility index (Phi) is 4.82. The summed E-state index contributed by atoms with van der Waals surface area (Å²) in [5.41, 5.74) is 2.13. The Hall–Kier alpha value is -0.830. The Bertz CT molecular complexity index is 321. The third kappa shape index (κ3) is 3.67. The largest absolute Gasteiger partial charge is 0.325 e. The minimum Gasteiger partial charge on any atom is -0.325 e. The number of hydrogen-bond acceptors (Lipinski definition) is 1. The number of benzene rings is 1. The number of alkyl halides is 1. The number of carbonyl (C=O) groups excluding carboxylic acids is 1. The van der Waals surface area contributed by atoms with Crippen molar-refractivity contribution < 1.29 is 4.79 Å². The fourth-order valence-electron chi connectivity index (χ4n) is 1.23. The molecule has 1 rings (SSSR count). The summed E-state index contributed by atoms with van der Waals surface area (Å²) < 4.78 is 0. The summed E-state index contributed by atoms with van der Waals surface area (Å²) in [6.07, 6.45) is 1.81. The van der Waals surface area contributed by atoms with Gasteiger partial charge in [-0.1, -0.05) is 41.9 Å². The third-order valence-corrected chi connectivity index (χ3v) is 3.34. The molecular formula is C12H16BrNO. The number of nitrogens with one attached hydrogen (secondary N) is 1. The van der Waals surface area contributed by atoms with Crippen LogP contribution in [0.1, 0.15) is 25.8 Å². The molecule has 0 aliphatic carbocycles. The molecule has 0 saturated heterocycles. The Morgan fingerprint density at radius 1 is 1.33 bits per heavy atom. The van der Waals surface area contributed by atoms with Gasteiger partial charge in [-0.15, -0.1) is 0 Å². The maximum atomic E-state index is 11.5. The lowest BCUT2D eigenvalue weighted by molar-refractivity contribution is -0.115. The van der Waals surface area contributed by atoms with Crippen LogP contribution in [0, 0.1) is 0 Å². The van der Waals surface area contributed by atoms with Crippen LogP contribution in [0.15, 0.2) is 24.3 Å². The van der Waals surface area contributed by atoms with Crippen LogP contribution < -0.4 is 5.32 Å². The van der Waals surface area contributed by atoms with E-state index in [9.17, 15) is 4.79 Å². The molecule has 1 amide bonds. The van der Waals surface area contributed by atoms with E-state index >= 15 is 0 Å². The SMILES string of the molecule is CCc1ccc(NC(=O)[C@@H](Br)CC)cc1. The summed E-state index contributed by atoms with van der Waals surface area (Å²) in [5, 5.41) is 2.86. The van der Waals surface area contributed by atoms with Crippen LogP contribution >= 0.6 is 15.9 Å². The van der Waals surface area contributed by atoms with E-state index in [1.54, 1.807) is 0 Å². The molecule has 1 atom stereocenters. The zero-order valence-corrected chi connectivity index (χ0v) is 10.7. The molecule has 0 fully saturated rings. The lowest BCUT2D eigenvalue weighted by atomic mass is 10.1. The zero-order valence-electron chi connectivity index (χ0n) is 9.09. The predicted octanol–water partition coefficient (Wildman–Crippen LogP) is 3.36. The topological polar surface area (TPSA) is 29.1 Å². The van der Waals surface area contributed by atoms with Gasteiger partial charge >= 0.3 is 0 Å². The molecule has 0 aromatic heterocycles. The minimum absolute atomic E-state index is 0.0155. The fourth-order valence-corrected chi connectivity index (χ4v) is 1.34. The van der Waals surface area contributed by atoms with Crippen LogP contribution in [0.2, 0.25) is 0 Å². The highest BCUT2D eigenvalue weighted by atomic mass is 79.9.